The SMILES string of the molecule is CC1(C)CC[C@@]23CC[C@@]4(C)[C@]5(C)CC[C@@H]6[C@](C)(Cc7cnoc7[C@@]6(C)OC=O)C5=CC(=O)[C@]4(OC2=O)[C@@H]3C1. The number of aromatic nitrogens is 1. The zero-order valence-corrected chi connectivity index (χ0v) is 23.4. The Bertz CT molecular complexity index is 1330. The smallest absolute Gasteiger partial charge is 0.313 e. The molecule has 1 spiro atoms. The Morgan fingerprint density at radius 1 is 1.00 bits per heavy atom. The largest absolute Gasteiger partial charge is 0.453 e. The first-order valence-corrected chi connectivity index (χ1v) is 14.3. The molecule has 38 heavy (non-hydrogen) atoms. The minimum absolute atomic E-state index is 0.0406. The summed E-state index contributed by atoms with van der Waals surface area (Å²) in [6.45, 7) is 13.7. The van der Waals surface area contributed by atoms with Gasteiger partial charge in [-0.2, -0.15) is 0 Å². The van der Waals surface area contributed by atoms with Crippen molar-refractivity contribution in [1.82, 2.24) is 5.16 Å². The molecule has 1 aromatic rings. The number of carbonyl (C=O) groups is 3. The van der Waals surface area contributed by atoms with Gasteiger partial charge in [0.2, 0.25) is 0 Å². The Morgan fingerprint density at radius 3 is 2.47 bits per heavy atom. The Kier molecular flexibility index (Phi) is 4.41. The molecule has 0 radical (unpaired) electrons. The first-order chi connectivity index (χ1) is 17.7. The Labute approximate surface area is 224 Å². The van der Waals surface area contributed by atoms with Gasteiger partial charge in [-0.25, -0.2) is 0 Å². The van der Waals surface area contributed by atoms with Crippen molar-refractivity contribution >= 4 is 18.2 Å². The van der Waals surface area contributed by atoms with E-state index < -0.39 is 27.4 Å². The third-order valence-electron chi connectivity index (χ3n) is 13.1. The molecule has 5 aliphatic carbocycles. The molecule has 0 aromatic carbocycles. The van der Waals surface area contributed by atoms with E-state index in [4.69, 9.17) is 14.0 Å². The van der Waals surface area contributed by atoms with Gasteiger partial charge in [0.05, 0.1) is 11.6 Å². The van der Waals surface area contributed by atoms with Crippen LogP contribution >= 0.6 is 0 Å². The molecule has 0 unspecified atom stereocenters. The highest BCUT2D eigenvalue weighted by molar-refractivity contribution is 6.05. The van der Waals surface area contributed by atoms with E-state index in [1.165, 1.54) is 0 Å². The Balaban J connectivity index is 1.44. The monoisotopic (exact) mass is 521 g/mol. The van der Waals surface area contributed by atoms with E-state index in [1.807, 2.05) is 13.0 Å². The molecule has 204 valence electrons. The molecule has 2 heterocycles. The molecule has 8 atom stereocenters. The maximum absolute atomic E-state index is 14.6. The summed E-state index contributed by atoms with van der Waals surface area (Å²) in [7, 11) is 0. The highest BCUT2D eigenvalue weighted by Gasteiger charge is 2.82. The molecule has 0 amide bonds. The van der Waals surface area contributed by atoms with E-state index in [2.05, 4.69) is 39.8 Å². The van der Waals surface area contributed by atoms with E-state index in [0.29, 0.717) is 18.7 Å². The highest BCUT2D eigenvalue weighted by Crippen LogP contribution is 2.78. The van der Waals surface area contributed by atoms with Crippen molar-refractivity contribution in [3.05, 3.63) is 29.2 Å². The van der Waals surface area contributed by atoms with Gasteiger partial charge in [-0.1, -0.05) is 45.3 Å². The highest BCUT2D eigenvalue weighted by atomic mass is 16.6. The lowest BCUT2D eigenvalue weighted by molar-refractivity contribution is -0.213. The van der Waals surface area contributed by atoms with Gasteiger partial charge in [0.1, 0.15) is 0 Å². The predicted molar refractivity (Wildman–Crippen MR) is 136 cm³/mol. The van der Waals surface area contributed by atoms with Crippen LogP contribution in [0.15, 0.2) is 22.4 Å². The third kappa shape index (κ3) is 2.37. The van der Waals surface area contributed by atoms with Crippen LogP contribution in [-0.4, -0.2) is 29.0 Å². The average Bonchev–Trinajstić information content (AvgIpc) is 3.37. The van der Waals surface area contributed by atoms with Gasteiger partial charge in [-0.15, -0.1) is 0 Å². The number of esters is 1. The van der Waals surface area contributed by atoms with Gasteiger partial charge in [-0.05, 0) is 75.2 Å². The van der Waals surface area contributed by atoms with Crippen molar-refractivity contribution < 1.29 is 28.4 Å². The minimum atomic E-state index is -1.12. The fraction of sp³-hybridized carbons (Fsp3) is 0.742. The van der Waals surface area contributed by atoms with Gasteiger partial charge in [0.25, 0.3) is 6.47 Å². The molecule has 7 nitrogen and oxygen atoms in total. The molecule has 1 aliphatic heterocycles. The van der Waals surface area contributed by atoms with Crippen LogP contribution in [0.2, 0.25) is 0 Å². The van der Waals surface area contributed by atoms with Gasteiger partial charge < -0.3 is 14.0 Å². The molecule has 4 fully saturated rings. The lowest BCUT2D eigenvalue weighted by atomic mass is 9.33. The van der Waals surface area contributed by atoms with Crippen molar-refractivity contribution in [2.75, 3.05) is 0 Å². The van der Waals surface area contributed by atoms with Crippen LogP contribution in [0.3, 0.4) is 0 Å². The summed E-state index contributed by atoms with van der Waals surface area (Å²) in [4.78, 5) is 40.1. The number of allylic oxidation sites excluding steroid dienone is 1. The molecular formula is C31H39NO6. The summed E-state index contributed by atoms with van der Waals surface area (Å²) in [5, 5.41) is 4.07. The molecule has 7 heteroatoms. The topological polar surface area (TPSA) is 95.7 Å². The normalized spacial score (nSPS) is 49.9. The zero-order valence-electron chi connectivity index (χ0n) is 23.4. The van der Waals surface area contributed by atoms with Gasteiger partial charge >= 0.3 is 5.97 Å². The summed E-state index contributed by atoms with van der Waals surface area (Å²) >= 11 is 0. The van der Waals surface area contributed by atoms with E-state index >= 15 is 0 Å². The minimum Gasteiger partial charge on any atom is -0.453 e. The lowest BCUT2D eigenvalue weighted by Crippen LogP contribution is -2.72. The fourth-order valence-electron chi connectivity index (χ4n) is 10.9. The van der Waals surface area contributed by atoms with Gasteiger partial charge in [-0.3, -0.25) is 14.4 Å². The summed E-state index contributed by atoms with van der Waals surface area (Å²) in [6, 6.07) is 0. The summed E-state index contributed by atoms with van der Waals surface area (Å²) in [5.41, 5.74) is -1.89. The molecule has 6 aliphatic rings. The number of hydrogen-bond donors (Lipinski definition) is 0. The third-order valence-corrected chi connectivity index (χ3v) is 13.1. The maximum Gasteiger partial charge on any atom is 0.313 e. The first-order valence-electron chi connectivity index (χ1n) is 14.3. The number of carbonyl (C=O) groups excluding carboxylic acids is 3. The Hall–Kier alpha value is -2.44. The predicted octanol–water partition coefficient (Wildman–Crippen LogP) is 5.46. The van der Waals surface area contributed by atoms with Crippen molar-refractivity contribution in [2.45, 2.75) is 104 Å². The van der Waals surface area contributed by atoms with E-state index in [9.17, 15) is 14.4 Å². The zero-order chi connectivity index (χ0) is 27.1. The fourth-order valence-corrected chi connectivity index (χ4v) is 10.9. The number of nitrogens with zero attached hydrogens (tertiary/aromatic N) is 1. The number of ether oxygens (including phenoxy) is 2. The quantitative estimate of drug-likeness (QED) is 0.377. The van der Waals surface area contributed by atoms with Gasteiger partial charge in [0, 0.05) is 28.2 Å². The molecular weight excluding hydrogens is 482 g/mol. The van der Waals surface area contributed by atoms with Crippen molar-refractivity contribution in [1.29, 1.82) is 0 Å². The van der Waals surface area contributed by atoms with E-state index in [1.54, 1.807) is 6.20 Å². The standard InChI is InChI=1S/C31H39NO6/c1-25(2)9-11-30-12-10-28(5)27(4)8-7-19-26(3,14-18-16-32-38-23(18)29(19,6)36-17-33)20(27)13-22(34)31(28,21(30)15-25)37-24(30)35/h13,16-17,19,21H,7-12,14-15H2,1-6H3/t19-,21-,26+,27-,28+,29+,30+,31-/m1/s1. The second-order valence-corrected chi connectivity index (χ2v) is 15.0. The van der Waals surface area contributed by atoms with Crippen LogP contribution in [-0.2, 0) is 35.9 Å². The van der Waals surface area contributed by atoms with Crippen LogP contribution in [0.5, 0.6) is 0 Å². The summed E-state index contributed by atoms with van der Waals surface area (Å²) in [5.74, 6) is 0.248. The molecule has 7 rings (SSSR count). The first kappa shape index (κ1) is 24.6. The van der Waals surface area contributed by atoms with Crippen LogP contribution in [0.4, 0.5) is 0 Å². The van der Waals surface area contributed by atoms with Crippen LogP contribution in [0.25, 0.3) is 0 Å². The second kappa shape index (κ2) is 6.82. The summed E-state index contributed by atoms with van der Waals surface area (Å²) < 4.78 is 18.0. The molecule has 1 aromatic heterocycles. The maximum atomic E-state index is 14.6. The van der Waals surface area contributed by atoms with Crippen LogP contribution in [0, 0.1) is 38.9 Å². The molecule has 0 N–H and O–H groups in total. The van der Waals surface area contributed by atoms with E-state index in [0.717, 1.165) is 56.1 Å². The van der Waals surface area contributed by atoms with Crippen molar-refractivity contribution in [3.8, 4) is 0 Å². The van der Waals surface area contributed by atoms with Crippen molar-refractivity contribution in [3.63, 3.8) is 0 Å². The number of rotatable bonds is 2. The molecule has 2 bridgehead atoms. The number of hydrogen-bond acceptors (Lipinski definition) is 7. The van der Waals surface area contributed by atoms with Crippen LogP contribution in [0.1, 0.15) is 97.8 Å². The Morgan fingerprint density at radius 2 is 1.74 bits per heavy atom. The van der Waals surface area contributed by atoms with Crippen LogP contribution < -0.4 is 0 Å². The van der Waals surface area contributed by atoms with E-state index in [-0.39, 0.29) is 34.4 Å². The lowest BCUT2D eigenvalue weighted by Gasteiger charge is -2.69. The number of fused-ring (bicyclic) bond motifs is 5. The van der Waals surface area contributed by atoms with Crippen molar-refractivity contribution in [2.24, 2.45) is 38.9 Å². The van der Waals surface area contributed by atoms with Gasteiger partial charge in [0.15, 0.2) is 22.7 Å². The average molecular weight is 522 g/mol. The summed E-state index contributed by atoms with van der Waals surface area (Å²) in [6.07, 6.45) is 10.0. The molecule has 3 saturated carbocycles. The number of ketones is 1. The second-order valence-electron chi connectivity index (χ2n) is 15.0. The molecule has 1 saturated heterocycles.